The van der Waals surface area contributed by atoms with E-state index in [-0.39, 0.29) is 11.6 Å². The molecule has 0 N–H and O–H groups in total. The predicted molar refractivity (Wildman–Crippen MR) is 115 cm³/mol. The lowest BCUT2D eigenvalue weighted by Crippen LogP contribution is -2.48. The van der Waals surface area contributed by atoms with Gasteiger partial charge in [0.05, 0.1) is 41.8 Å². The monoisotopic (exact) mass is 391 g/mol. The number of benzene rings is 1. The minimum absolute atomic E-state index is 0.133. The Labute approximate surface area is 172 Å². The zero-order valence-corrected chi connectivity index (χ0v) is 17.7. The number of nitrogens with zero attached hydrogens (tertiary/aromatic N) is 5. The second-order valence-electron chi connectivity index (χ2n) is 8.32. The summed E-state index contributed by atoms with van der Waals surface area (Å²) in [6.45, 7) is 7.38. The van der Waals surface area contributed by atoms with Crippen molar-refractivity contribution in [2.24, 2.45) is 7.05 Å². The van der Waals surface area contributed by atoms with Gasteiger partial charge in [0, 0.05) is 32.9 Å². The van der Waals surface area contributed by atoms with Gasteiger partial charge in [-0.2, -0.15) is 5.26 Å². The molecule has 4 rings (SSSR count). The average Bonchev–Trinajstić information content (AvgIpc) is 3.09. The highest BCUT2D eigenvalue weighted by Gasteiger charge is 2.30. The van der Waals surface area contributed by atoms with Crippen LogP contribution >= 0.6 is 0 Å². The topological polar surface area (TPSA) is 57.3 Å². The van der Waals surface area contributed by atoms with Crippen molar-refractivity contribution in [2.45, 2.75) is 31.8 Å². The first kappa shape index (κ1) is 19.7. The van der Waals surface area contributed by atoms with Gasteiger partial charge in [0.25, 0.3) is 0 Å². The summed E-state index contributed by atoms with van der Waals surface area (Å²) in [5, 5.41) is 12.0. The summed E-state index contributed by atoms with van der Waals surface area (Å²) in [6.07, 6.45) is 7.31. The van der Waals surface area contributed by atoms with Crippen LogP contribution in [0, 0.1) is 18.3 Å². The molecule has 1 aliphatic heterocycles. The number of nitriles is 1. The van der Waals surface area contributed by atoms with Crippen molar-refractivity contribution in [3.63, 3.8) is 0 Å². The molecule has 0 bridgehead atoms. The molecule has 152 valence electrons. The molecule has 0 radical (unpaired) electrons. The SMILES string of the molecule is Cc1cc(C(C#N)N2CCOCC2)ccc1N(C)C1(C)C=c2c(ncn2C)=CC1. The molecule has 1 aromatic carbocycles. The molecule has 1 aliphatic carbocycles. The van der Waals surface area contributed by atoms with Crippen LogP contribution in [-0.4, -0.2) is 53.3 Å². The van der Waals surface area contributed by atoms with Gasteiger partial charge in [-0.1, -0.05) is 18.2 Å². The largest absolute Gasteiger partial charge is 0.379 e. The number of hydrogen-bond acceptors (Lipinski definition) is 5. The van der Waals surface area contributed by atoms with Gasteiger partial charge in [-0.05, 0) is 43.5 Å². The third kappa shape index (κ3) is 3.57. The lowest BCUT2D eigenvalue weighted by atomic mass is 9.90. The van der Waals surface area contributed by atoms with Crippen LogP contribution in [0.5, 0.6) is 0 Å². The summed E-state index contributed by atoms with van der Waals surface area (Å²) in [7, 11) is 4.19. The molecule has 29 heavy (non-hydrogen) atoms. The van der Waals surface area contributed by atoms with Crippen molar-refractivity contribution in [1.82, 2.24) is 14.5 Å². The number of imidazole rings is 1. The molecular weight excluding hydrogens is 362 g/mol. The van der Waals surface area contributed by atoms with Crippen LogP contribution < -0.4 is 15.6 Å². The van der Waals surface area contributed by atoms with E-state index in [1.54, 1.807) is 0 Å². The summed E-state index contributed by atoms with van der Waals surface area (Å²) >= 11 is 0. The third-order valence-electron chi connectivity index (χ3n) is 6.37. The molecule has 1 saturated heterocycles. The quantitative estimate of drug-likeness (QED) is 0.790. The van der Waals surface area contributed by atoms with Crippen molar-refractivity contribution >= 4 is 17.8 Å². The highest BCUT2D eigenvalue weighted by atomic mass is 16.5. The molecule has 6 heteroatoms. The maximum atomic E-state index is 9.78. The van der Waals surface area contributed by atoms with E-state index in [0.29, 0.717) is 13.2 Å². The number of morpholine rings is 1. The number of aromatic nitrogens is 2. The Morgan fingerprint density at radius 2 is 2.07 bits per heavy atom. The van der Waals surface area contributed by atoms with Crippen LogP contribution in [-0.2, 0) is 11.8 Å². The van der Waals surface area contributed by atoms with Crippen LogP contribution in [0.3, 0.4) is 0 Å². The Bertz CT molecular complexity index is 1060. The summed E-state index contributed by atoms with van der Waals surface area (Å²) in [6, 6.07) is 8.69. The standard InChI is InChI=1S/C23H29N5O/c1-17-13-18(22(15-24)28-9-11-29-12-10-28)5-6-20(17)27(4)23(2)8-7-19-21(14-23)26(3)16-25-19/h5-7,13-14,16,22H,8-12H2,1-4H3. The van der Waals surface area contributed by atoms with E-state index in [2.05, 4.69) is 76.7 Å². The van der Waals surface area contributed by atoms with Gasteiger partial charge in [0.2, 0.25) is 0 Å². The van der Waals surface area contributed by atoms with Crippen LogP contribution in [0.25, 0.3) is 12.2 Å². The van der Waals surface area contributed by atoms with Gasteiger partial charge in [-0.25, -0.2) is 4.98 Å². The van der Waals surface area contributed by atoms with Crippen molar-refractivity contribution in [3.8, 4) is 6.07 Å². The van der Waals surface area contributed by atoms with Gasteiger partial charge >= 0.3 is 0 Å². The van der Waals surface area contributed by atoms with Crippen molar-refractivity contribution in [2.75, 3.05) is 38.3 Å². The van der Waals surface area contributed by atoms with E-state index >= 15 is 0 Å². The number of aryl methyl sites for hydroxylation is 2. The summed E-state index contributed by atoms with van der Waals surface area (Å²) in [4.78, 5) is 9.02. The fraction of sp³-hybridized carbons (Fsp3) is 0.478. The fourth-order valence-corrected chi connectivity index (χ4v) is 4.38. The summed E-state index contributed by atoms with van der Waals surface area (Å²) in [5.41, 5.74) is 3.29. The molecule has 1 aromatic heterocycles. The van der Waals surface area contributed by atoms with Crippen LogP contribution in [0.15, 0.2) is 24.5 Å². The third-order valence-corrected chi connectivity index (χ3v) is 6.37. The Kier molecular flexibility index (Phi) is 5.20. The number of rotatable bonds is 4. The van der Waals surface area contributed by atoms with E-state index in [4.69, 9.17) is 4.74 Å². The zero-order valence-electron chi connectivity index (χ0n) is 17.7. The molecule has 2 aromatic rings. The highest BCUT2D eigenvalue weighted by molar-refractivity contribution is 5.62. The van der Waals surface area contributed by atoms with Crippen molar-refractivity contribution in [3.05, 3.63) is 46.4 Å². The predicted octanol–water partition coefficient (Wildman–Crippen LogP) is 1.49. The average molecular weight is 392 g/mol. The second-order valence-corrected chi connectivity index (χ2v) is 8.32. The number of fused-ring (bicyclic) bond motifs is 1. The van der Waals surface area contributed by atoms with E-state index in [0.717, 1.165) is 35.8 Å². The van der Waals surface area contributed by atoms with Crippen LogP contribution in [0.1, 0.15) is 30.5 Å². The highest BCUT2D eigenvalue weighted by Crippen LogP contribution is 2.33. The number of anilines is 1. The normalized spacial score (nSPS) is 22.7. The minimum Gasteiger partial charge on any atom is -0.379 e. The molecule has 0 saturated carbocycles. The molecule has 2 aliphatic rings. The minimum atomic E-state index is -0.223. The van der Waals surface area contributed by atoms with E-state index in [9.17, 15) is 5.26 Å². The molecular formula is C23H29N5O. The molecule has 0 spiro atoms. The Balaban J connectivity index is 1.63. The van der Waals surface area contributed by atoms with Gasteiger partial charge in [-0.15, -0.1) is 0 Å². The molecule has 6 nitrogen and oxygen atoms in total. The van der Waals surface area contributed by atoms with Gasteiger partial charge in [0.1, 0.15) is 6.04 Å². The second kappa shape index (κ2) is 7.66. The maximum absolute atomic E-state index is 9.78. The Morgan fingerprint density at radius 3 is 2.76 bits per heavy atom. The first-order valence-corrected chi connectivity index (χ1v) is 10.2. The lowest BCUT2D eigenvalue weighted by molar-refractivity contribution is 0.0266. The van der Waals surface area contributed by atoms with E-state index in [1.165, 1.54) is 11.3 Å². The van der Waals surface area contributed by atoms with Crippen LogP contribution in [0.4, 0.5) is 5.69 Å². The fourth-order valence-electron chi connectivity index (χ4n) is 4.38. The Hall–Kier alpha value is -2.62. The van der Waals surface area contributed by atoms with E-state index < -0.39 is 0 Å². The maximum Gasteiger partial charge on any atom is 0.124 e. The summed E-state index contributed by atoms with van der Waals surface area (Å²) in [5.74, 6) is 0. The van der Waals surface area contributed by atoms with Crippen molar-refractivity contribution in [1.29, 1.82) is 5.26 Å². The summed E-state index contributed by atoms with van der Waals surface area (Å²) < 4.78 is 7.52. The number of hydrogen-bond donors (Lipinski definition) is 0. The van der Waals surface area contributed by atoms with E-state index in [1.807, 2.05) is 13.4 Å². The Morgan fingerprint density at radius 1 is 1.31 bits per heavy atom. The number of ether oxygens (including phenoxy) is 1. The zero-order chi connectivity index (χ0) is 20.6. The molecule has 2 unspecified atom stereocenters. The molecule has 0 amide bonds. The first-order chi connectivity index (χ1) is 13.9. The van der Waals surface area contributed by atoms with Crippen LogP contribution in [0.2, 0.25) is 0 Å². The van der Waals surface area contributed by atoms with Crippen molar-refractivity contribution < 1.29 is 4.74 Å². The molecule has 2 heterocycles. The molecule has 2 atom stereocenters. The first-order valence-electron chi connectivity index (χ1n) is 10.2. The van der Waals surface area contributed by atoms with Gasteiger partial charge in [-0.3, -0.25) is 4.90 Å². The lowest BCUT2D eigenvalue weighted by Gasteiger charge is -2.39. The smallest absolute Gasteiger partial charge is 0.124 e. The van der Waals surface area contributed by atoms with Gasteiger partial charge in [0.15, 0.2) is 0 Å². The van der Waals surface area contributed by atoms with Gasteiger partial charge < -0.3 is 14.2 Å². The molecule has 1 fully saturated rings.